The number of nitrogens with two attached hydrogens (primary N) is 1. The number of quaternary nitrogens is 1. The number of ether oxygens (including phenoxy) is 1. The fourth-order valence-corrected chi connectivity index (χ4v) is 3.49. The zero-order valence-corrected chi connectivity index (χ0v) is 15.8. The number of hydrogen-bond donors (Lipinski definition) is 1. The average Bonchev–Trinajstić information content (AvgIpc) is 3.01. The summed E-state index contributed by atoms with van der Waals surface area (Å²) >= 11 is 0. The van der Waals surface area contributed by atoms with Gasteiger partial charge in [0.05, 0.1) is 18.0 Å². The summed E-state index contributed by atoms with van der Waals surface area (Å²) in [6.07, 6.45) is 11.0. The Kier molecular flexibility index (Phi) is 4.27. The van der Waals surface area contributed by atoms with Crippen LogP contribution in [0.25, 0.3) is 0 Å². The molecular formula is C23H17F2N4O+. The van der Waals surface area contributed by atoms with Gasteiger partial charge in [-0.1, -0.05) is 36.4 Å². The van der Waals surface area contributed by atoms with Crippen LogP contribution in [0.4, 0.5) is 8.78 Å². The van der Waals surface area contributed by atoms with Crippen molar-refractivity contribution < 1.29 is 18.1 Å². The van der Waals surface area contributed by atoms with Gasteiger partial charge in [-0.05, 0) is 24.3 Å². The van der Waals surface area contributed by atoms with E-state index < -0.39 is 11.6 Å². The molecule has 2 aromatic rings. The quantitative estimate of drug-likeness (QED) is 0.599. The van der Waals surface area contributed by atoms with Crippen LogP contribution in [0.3, 0.4) is 0 Å². The summed E-state index contributed by atoms with van der Waals surface area (Å²) in [5.74, 6) is 6.00. The molecule has 3 aliphatic rings. The summed E-state index contributed by atoms with van der Waals surface area (Å²) in [6, 6.07) is 11.2. The van der Waals surface area contributed by atoms with Gasteiger partial charge in [-0.15, -0.1) is 4.59 Å². The van der Waals surface area contributed by atoms with Gasteiger partial charge in [0, 0.05) is 11.1 Å². The van der Waals surface area contributed by atoms with Crippen molar-refractivity contribution in [2.75, 3.05) is 0 Å². The fraction of sp³-hybridized carbons (Fsp3) is 0.0435. The highest BCUT2D eigenvalue weighted by molar-refractivity contribution is 6.01. The second-order valence-electron chi connectivity index (χ2n) is 7.03. The third-order valence-corrected chi connectivity index (χ3v) is 5.14. The van der Waals surface area contributed by atoms with Gasteiger partial charge >= 0.3 is 0 Å². The molecule has 7 heteroatoms. The lowest BCUT2D eigenvalue weighted by atomic mass is 10.0. The molecule has 2 aliphatic heterocycles. The van der Waals surface area contributed by atoms with Gasteiger partial charge in [0.2, 0.25) is 5.70 Å². The average molecular weight is 403 g/mol. The summed E-state index contributed by atoms with van der Waals surface area (Å²) in [5.41, 5.74) is 3.44. The number of fused-ring (bicyclic) bond motifs is 1. The second kappa shape index (κ2) is 6.98. The number of benzene rings is 2. The fourth-order valence-electron chi connectivity index (χ4n) is 3.49. The number of nitrogens with zero attached hydrogens (tertiary/aromatic N) is 3. The van der Waals surface area contributed by atoms with Crippen molar-refractivity contribution in [3.63, 3.8) is 0 Å². The third kappa shape index (κ3) is 2.92. The molecule has 0 radical (unpaired) electrons. The number of amidine groups is 1. The highest BCUT2D eigenvalue weighted by atomic mass is 19.2. The lowest BCUT2D eigenvalue weighted by Gasteiger charge is -2.26. The smallest absolute Gasteiger partial charge is 0.265 e. The lowest BCUT2D eigenvalue weighted by Crippen LogP contribution is -2.53. The summed E-state index contributed by atoms with van der Waals surface area (Å²) in [6.45, 7) is -0.0961. The van der Waals surface area contributed by atoms with Gasteiger partial charge in [0.15, 0.2) is 11.6 Å². The van der Waals surface area contributed by atoms with Gasteiger partial charge in [-0.3, -0.25) is 4.99 Å². The standard InChI is InChI=1S/C23H17F2N4O/c24-19-9-3-7-17(21(19)25)14-30-18-8-2-6-16(12-18)23-28-22(15-4-1-5-15)20-13-27-10-11-29(20,23)26/h1-13H,14,26H2/q+1. The Balaban J connectivity index is 1.45. The summed E-state index contributed by atoms with van der Waals surface area (Å²) in [4.78, 5) is 9.00. The number of rotatable bonds is 5. The molecule has 5 nitrogen and oxygen atoms in total. The van der Waals surface area contributed by atoms with E-state index in [1.54, 1.807) is 30.7 Å². The molecule has 2 N–H and O–H groups in total. The summed E-state index contributed by atoms with van der Waals surface area (Å²) in [7, 11) is 0. The predicted molar refractivity (Wildman–Crippen MR) is 110 cm³/mol. The van der Waals surface area contributed by atoms with E-state index in [9.17, 15) is 8.78 Å². The Morgan fingerprint density at radius 2 is 1.93 bits per heavy atom. The van der Waals surface area contributed by atoms with Crippen LogP contribution in [0.2, 0.25) is 0 Å². The van der Waals surface area contributed by atoms with E-state index in [2.05, 4.69) is 4.99 Å². The van der Waals surface area contributed by atoms with Crippen LogP contribution in [0.15, 0.2) is 100 Å². The first kappa shape index (κ1) is 18.4. The molecule has 0 saturated heterocycles. The van der Waals surface area contributed by atoms with Gasteiger partial charge in [-0.2, -0.15) is 10.8 Å². The SMILES string of the molecule is N[N+]12C=CN=CC1=C(C1=CC=C1)N=C2c1cccc(OCc2cccc(F)c2F)c1. The van der Waals surface area contributed by atoms with Gasteiger partial charge < -0.3 is 4.74 Å². The first-order valence-electron chi connectivity index (χ1n) is 9.33. The van der Waals surface area contributed by atoms with Crippen molar-refractivity contribution in [3.8, 4) is 5.75 Å². The molecule has 1 atom stereocenters. The van der Waals surface area contributed by atoms with Crippen LogP contribution in [-0.4, -0.2) is 16.6 Å². The van der Waals surface area contributed by atoms with Crippen molar-refractivity contribution in [1.29, 1.82) is 0 Å². The van der Waals surface area contributed by atoms with Gasteiger partial charge in [0.25, 0.3) is 5.84 Å². The first-order valence-corrected chi connectivity index (χ1v) is 9.33. The van der Waals surface area contributed by atoms with E-state index in [-0.39, 0.29) is 16.8 Å². The van der Waals surface area contributed by atoms with E-state index in [1.165, 1.54) is 12.1 Å². The monoisotopic (exact) mass is 403 g/mol. The van der Waals surface area contributed by atoms with Crippen LogP contribution in [0.1, 0.15) is 11.1 Å². The molecule has 2 heterocycles. The molecule has 2 aromatic carbocycles. The normalized spacial score (nSPS) is 21.3. The minimum absolute atomic E-state index is 0.0961. The van der Waals surface area contributed by atoms with Crippen molar-refractivity contribution in [3.05, 3.63) is 113 Å². The third-order valence-electron chi connectivity index (χ3n) is 5.14. The van der Waals surface area contributed by atoms with Gasteiger partial charge in [-0.25, -0.2) is 8.78 Å². The predicted octanol–water partition coefficient (Wildman–Crippen LogP) is 4.26. The van der Waals surface area contributed by atoms with Crippen LogP contribution in [-0.2, 0) is 6.61 Å². The van der Waals surface area contributed by atoms with Crippen molar-refractivity contribution >= 4 is 12.1 Å². The van der Waals surface area contributed by atoms with Crippen LogP contribution >= 0.6 is 0 Å². The van der Waals surface area contributed by atoms with E-state index in [4.69, 9.17) is 15.6 Å². The van der Waals surface area contributed by atoms with Crippen LogP contribution < -0.4 is 10.6 Å². The highest BCUT2D eigenvalue weighted by Gasteiger charge is 2.44. The molecule has 5 rings (SSSR count). The number of hydrogen-bond acceptors (Lipinski definition) is 4. The molecule has 1 aliphatic carbocycles. The molecule has 30 heavy (non-hydrogen) atoms. The number of halogens is 2. The first-order chi connectivity index (χ1) is 14.6. The summed E-state index contributed by atoms with van der Waals surface area (Å²) in [5, 5.41) is 0. The van der Waals surface area contributed by atoms with E-state index in [1.807, 2.05) is 30.4 Å². The lowest BCUT2D eigenvalue weighted by molar-refractivity contribution is -0.750. The molecule has 0 saturated carbocycles. The van der Waals surface area contributed by atoms with Crippen molar-refractivity contribution in [2.45, 2.75) is 6.61 Å². The van der Waals surface area contributed by atoms with Crippen LogP contribution in [0, 0.1) is 11.6 Å². The number of allylic oxidation sites excluding steroid dienone is 4. The largest absolute Gasteiger partial charge is 0.489 e. The molecule has 0 amide bonds. The maximum atomic E-state index is 13.9. The number of aliphatic imine (C=N–C) groups is 2. The Morgan fingerprint density at radius 3 is 2.73 bits per heavy atom. The van der Waals surface area contributed by atoms with Crippen molar-refractivity contribution in [1.82, 2.24) is 0 Å². The molecule has 0 fully saturated rings. The Labute approximate surface area is 171 Å². The molecule has 0 aromatic heterocycles. The summed E-state index contributed by atoms with van der Waals surface area (Å²) < 4.78 is 32.9. The van der Waals surface area contributed by atoms with E-state index in [0.29, 0.717) is 11.6 Å². The highest BCUT2D eigenvalue weighted by Crippen LogP contribution is 2.36. The Morgan fingerprint density at radius 1 is 1.10 bits per heavy atom. The minimum Gasteiger partial charge on any atom is -0.489 e. The molecular weight excluding hydrogens is 386 g/mol. The molecule has 0 spiro atoms. The van der Waals surface area contributed by atoms with Crippen LogP contribution in [0.5, 0.6) is 5.75 Å². The Bertz CT molecular complexity index is 1240. The molecule has 148 valence electrons. The van der Waals surface area contributed by atoms with Crippen molar-refractivity contribution in [2.24, 2.45) is 15.8 Å². The topological polar surface area (TPSA) is 60.0 Å². The van der Waals surface area contributed by atoms with E-state index >= 15 is 0 Å². The zero-order valence-electron chi connectivity index (χ0n) is 15.8. The maximum Gasteiger partial charge on any atom is 0.265 e. The van der Waals surface area contributed by atoms with Gasteiger partial charge in [0.1, 0.15) is 24.3 Å². The maximum absolute atomic E-state index is 13.9. The Hall–Kier alpha value is -3.68. The second-order valence-corrected chi connectivity index (χ2v) is 7.03. The molecule has 0 bridgehead atoms. The van der Waals surface area contributed by atoms with E-state index in [0.717, 1.165) is 28.6 Å². The minimum atomic E-state index is -0.904. The molecule has 1 unspecified atom stereocenters. The zero-order chi connectivity index (χ0) is 20.7.